The minimum atomic E-state index is -0.409. The van der Waals surface area contributed by atoms with Crippen LogP contribution in [0.25, 0.3) is 0 Å². The van der Waals surface area contributed by atoms with E-state index in [1.165, 1.54) is 0 Å². The van der Waals surface area contributed by atoms with Gasteiger partial charge in [0.15, 0.2) is 11.5 Å². The Labute approximate surface area is 157 Å². The van der Waals surface area contributed by atoms with Gasteiger partial charge in [0.1, 0.15) is 0 Å². The number of aliphatic hydroxyl groups is 1. The molecule has 2 aromatic carbocycles. The molecule has 0 saturated heterocycles. The summed E-state index contributed by atoms with van der Waals surface area (Å²) >= 11 is 0. The number of ether oxygens (including phenoxy) is 2. The topological polar surface area (TPSA) is 41.9 Å². The van der Waals surface area contributed by atoms with E-state index in [2.05, 4.69) is 36.9 Å². The molecule has 0 saturated carbocycles. The van der Waals surface area contributed by atoms with E-state index in [1.54, 1.807) is 14.2 Å². The van der Waals surface area contributed by atoms with E-state index in [1.807, 2.05) is 30.3 Å². The Morgan fingerprint density at radius 3 is 2.27 bits per heavy atom. The Morgan fingerprint density at radius 2 is 1.65 bits per heavy atom. The fourth-order valence-corrected chi connectivity index (χ4v) is 3.29. The SMILES string of the molecule is COc1cccc(CN(CC(C)C)CC(O)Cc2ccccc2)c1OC. The molecule has 142 valence electrons. The van der Waals surface area contributed by atoms with Crippen LogP contribution in [-0.4, -0.2) is 43.4 Å². The molecular weight excluding hydrogens is 326 g/mol. The summed E-state index contributed by atoms with van der Waals surface area (Å²) in [5.74, 6) is 2.01. The second-order valence-corrected chi connectivity index (χ2v) is 7.08. The smallest absolute Gasteiger partial charge is 0.165 e. The van der Waals surface area contributed by atoms with Crippen molar-refractivity contribution in [1.29, 1.82) is 0 Å². The molecule has 2 rings (SSSR count). The normalized spacial score (nSPS) is 12.4. The number of hydrogen-bond donors (Lipinski definition) is 1. The van der Waals surface area contributed by atoms with Crippen molar-refractivity contribution in [2.24, 2.45) is 5.92 Å². The fourth-order valence-electron chi connectivity index (χ4n) is 3.29. The van der Waals surface area contributed by atoms with Crippen LogP contribution in [0.3, 0.4) is 0 Å². The van der Waals surface area contributed by atoms with Gasteiger partial charge in [0.05, 0.1) is 20.3 Å². The van der Waals surface area contributed by atoms with Gasteiger partial charge in [-0.2, -0.15) is 0 Å². The van der Waals surface area contributed by atoms with Gasteiger partial charge in [0.25, 0.3) is 0 Å². The summed E-state index contributed by atoms with van der Waals surface area (Å²) in [7, 11) is 3.32. The number of rotatable bonds is 10. The number of benzene rings is 2. The minimum Gasteiger partial charge on any atom is -0.493 e. The standard InChI is InChI=1S/C22H31NO3/c1-17(2)14-23(16-20(24)13-18-9-6-5-7-10-18)15-19-11-8-12-21(25-3)22(19)26-4/h5-12,17,20,24H,13-16H2,1-4H3. The van der Waals surface area contributed by atoms with E-state index in [-0.39, 0.29) is 0 Å². The Balaban J connectivity index is 2.10. The molecular formula is C22H31NO3. The van der Waals surface area contributed by atoms with Crippen molar-refractivity contribution in [2.45, 2.75) is 32.9 Å². The van der Waals surface area contributed by atoms with Crippen LogP contribution in [0.1, 0.15) is 25.0 Å². The molecule has 1 unspecified atom stereocenters. The zero-order valence-corrected chi connectivity index (χ0v) is 16.3. The van der Waals surface area contributed by atoms with Gasteiger partial charge in [-0.05, 0) is 24.0 Å². The molecule has 0 radical (unpaired) electrons. The van der Waals surface area contributed by atoms with E-state index >= 15 is 0 Å². The van der Waals surface area contributed by atoms with Crippen LogP contribution >= 0.6 is 0 Å². The molecule has 0 spiro atoms. The van der Waals surface area contributed by atoms with Crippen LogP contribution in [0, 0.1) is 5.92 Å². The third-order valence-electron chi connectivity index (χ3n) is 4.28. The van der Waals surface area contributed by atoms with Crippen molar-refractivity contribution in [2.75, 3.05) is 27.3 Å². The van der Waals surface area contributed by atoms with Crippen LogP contribution in [0.4, 0.5) is 0 Å². The molecule has 0 heterocycles. The molecule has 2 aromatic rings. The number of aliphatic hydroxyl groups excluding tert-OH is 1. The zero-order chi connectivity index (χ0) is 18.9. The molecule has 1 atom stereocenters. The first-order chi connectivity index (χ1) is 12.5. The van der Waals surface area contributed by atoms with Crippen molar-refractivity contribution in [3.63, 3.8) is 0 Å². The predicted octanol–water partition coefficient (Wildman–Crippen LogP) is 3.77. The maximum absolute atomic E-state index is 10.6. The lowest BCUT2D eigenvalue weighted by molar-refractivity contribution is 0.101. The molecule has 0 amide bonds. The average molecular weight is 357 g/mol. The second-order valence-electron chi connectivity index (χ2n) is 7.08. The molecule has 0 aliphatic carbocycles. The second kappa shape index (κ2) is 10.2. The van der Waals surface area contributed by atoms with Gasteiger partial charge in [-0.25, -0.2) is 0 Å². The van der Waals surface area contributed by atoms with Gasteiger partial charge in [0.2, 0.25) is 0 Å². The van der Waals surface area contributed by atoms with Crippen molar-refractivity contribution in [1.82, 2.24) is 4.90 Å². The van der Waals surface area contributed by atoms with Gasteiger partial charge in [-0.15, -0.1) is 0 Å². The third-order valence-corrected chi connectivity index (χ3v) is 4.28. The lowest BCUT2D eigenvalue weighted by Gasteiger charge is -2.27. The van der Waals surface area contributed by atoms with E-state index < -0.39 is 6.10 Å². The van der Waals surface area contributed by atoms with E-state index in [9.17, 15) is 5.11 Å². The summed E-state index contributed by atoms with van der Waals surface area (Å²) in [6.07, 6.45) is 0.248. The maximum Gasteiger partial charge on any atom is 0.165 e. The Kier molecular flexibility index (Phi) is 7.95. The minimum absolute atomic E-state index is 0.409. The predicted molar refractivity (Wildman–Crippen MR) is 106 cm³/mol. The first-order valence-electron chi connectivity index (χ1n) is 9.17. The molecule has 4 nitrogen and oxygen atoms in total. The summed E-state index contributed by atoms with van der Waals surface area (Å²) in [4.78, 5) is 2.29. The van der Waals surface area contributed by atoms with Gasteiger partial charge in [-0.1, -0.05) is 56.3 Å². The summed E-state index contributed by atoms with van der Waals surface area (Å²) < 4.78 is 11.0. The molecule has 0 bridgehead atoms. The van der Waals surface area contributed by atoms with Crippen molar-refractivity contribution < 1.29 is 14.6 Å². The Morgan fingerprint density at radius 1 is 0.923 bits per heavy atom. The third kappa shape index (κ3) is 6.04. The molecule has 1 N–H and O–H groups in total. The highest BCUT2D eigenvalue weighted by Crippen LogP contribution is 2.31. The van der Waals surface area contributed by atoms with E-state index in [0.29, 0.717) is 25.4 Å². The summed E-state index contributed by atoms with van der Waals surface area (Å²) in [6, 6.07) is 16.1. The van der Waals surface area contributed by atoms with Crippen LogP contribution < -0.4 is 9.47 Å². The van der Waals surface area contributed by atoms with Crippen LogP contribution in [-0.2, 0) is 13.0 Å². The molecule has 0 aliphatic rings. The van der Waals surface area contributed by atoms with Crippen LogP contribution in [0.15, 0.2) is 48.5 Å². The first kappa shape index (κ1) is 20.3. The van der Waals surface area contributed by atoms with Gasteiger partial charge >= 0.3 is 0 Å². The number of hydrogen-bond acceptors (Lipinski definition) is 4. The molecule has 0 fully saturated rings. The quantitative estimate of drug-likeness (QED) is 0.703. The highest BCUT2D eigenvalue weighted by molar-refractivity contribution is 5.46. The van der Waals surface area contributed by atoms with E-state index in [4.69, 9.17) is 9.47 Å². The summed E-state index contributed by atoms with van der Waals surface area (Å²) in [5, 5.41) is 10.6. The average Bonchev–Trinajstić information content (AvgIpc) is 2.61. The zero-order valence-electron chi connectivity index (χ0n) is 16.3. The van der Waals surface area contributed by atoms with Gasteiger partial charge < -0.3 is 14.6 Å². The summed E-state index contributed by atoms with van der Waals surface area (Å²) in [5.41, 5.74) is 2.22. The van der Waals surface area contributed by atoms with Crippen molar-refractivity contribution in [3.05, 3.63) is 59.7 Å². The maximum atomic E-state index is 10.6. The van der Waals surface area contributed by atoms with Crippen molar-refractivity contribution in [3.8, 4) is 11.5 Å². The fraction of sp³-hybridized carbons (Fsp3) is 0.455. The monoisotopic (exact) mass is 357 g/mol. The highest BCUT2D eigenvalue weighted by atomic mass is 16.5. The van der Waals surface area contributed by atoms with Gasteiger partial charge in [0, 0.05) is 25.2 Å². The van der Waals surface area contributed by atoms with Crippen molar-refractivity contribution >= 4 is 0 Å². The molecule has 4 heteroatoms. The lowest BCUT2D eigenvalue weighted by atomic mass is 10.1. The van der Waals surface area contributed by atoms with Crippen LogP contribution in [0.5, 0.6) is 11.5 Å². The number of nitrogens with zero attached hydrogens (tertiary/aromatic N) is 1. The Bertz CT molecular complexity index is 658. The first-order valence-corrected chi connectivity index (χ1v) is 9.17. The van der Waals surface area contributed by atoms with Crippen LogP contribution in [0.2, 0.25) is 0 Å². The lowest BCUT2D eigenvalue weighted by Crippen LogP contribution is -2.35. The van der Waals surface area contributed by atoms with E-state index in [0.717, 1.165) is 29.2 Å². The molecule has 0 aromatic heterocycles. The Hall–Kier alpha value is -2.04. The number of para-hydroxylation sites is 1. The highest BCUT2D eigenvalue weighted by Gasteiger charge is 2.17. The largest absolute Gasteiger partial charge is 0.493 e. The number of methoxy groups -OCH3 is 2. The molecule has 26 heavy (non-hydrogen) atoms. The molecule has 0 aliphatic heterocycles. The van der Waals surface area contributed by atoms with Gasteiger partial charge in [-0.3, -0.25) is 4.90 Å². The summed E-state index contributed by atoms with van der Waals surface area (Å²) in [6.45, 7) is 6.63.